The minimum Gasteiger partial charge on any atom is -0.338 e. The largest absolute Gasteiger partial charge is 0.338 e. The minimum atomic E-state index is -0.910. The number of rotatable bonds is 3. The average Bonchev–Trinajstić information content (AvgIpc) is 3.32. The van der Waals surface area contributed by atoms with Crippen molar-refractivity contribution in [2.24, 2.45) is 0 Å². The molecule has 0 aliphatic carbocycles. The van der Waals surface area contributed by atoms with Crippen LogP contribution in [-0.4, -0.2) is 53.3 Å². The number of nitrogens with zero attached hydrogens (tertiary/aromatic N) is 2. The molecule has 1 aromatic heterocycles. The Hall–Kier alpha value is -3.00. The van der Waals surface area contributed by atoms with Gasteiger partial charge in [-0.15, -0.1) is 11.3 Å². The molecule has 3 heterocycles. The molecule has 1 spiro atoms. The van der Waals surface area contributed by atoms with Crippen LogP contribution >= 0.6 is 11.3 Å². The molecule has 29 heavy (non-hydrogen) atoms. The summed E-state index contributed by atoms with van der Waals surface area (Å²) in [5, 5.41) is 4.68. The Morgan fingerprint density at radius 2 is 1.86 bits per heavy atom. The molecule has 2 saturated heterocycles. The van der Waals surface area contributed by atoms with Crippen LogP contribution in [0.1, 0.15) is 23.3 Å². The van der Waals surface area contributed by atoms with Gasteiger partial charge in [-0.05, 0) is 48.1 Å². The van der Waals surface area contributed by atoms with E-state index in [0.717, 1.165) is 15.3 Å². The Morgan fingerprint density at radius 1 is 1.17 bits per heavy atom. The van der Waals surface area contributed by atoms with Gasteiger partial charge in [-0.25, -0.2) is 9.18 Å². The molecule has 0 unspecified atom stereocenters. The van der Waals surface area contributed by atoms with E-state index >= 15 is 0 Å². The lowest BCUT2D eigenvalue weighted by molar-refractivity contribution is -0.135. The number of likely N-dealkylation sites (N-methyl/N-ethyl adjacent to an activating group) is 1. The molecule has 150 valence electrons. The number of urea groups is 1. The second-order valence-electron chi connectivity index (χ2n) is 7.26. The molecule has 8 heteroatoms. The SMILES string of the molecule is CN1C(=O)NC2(CCN(C(=O)/C(=C/c3ccc(F)cc3)c3cccs3)CC2)C1=O. The first-order valence-electron chi connectivity index (χ1n) is 9.30. The number of carbonyl (C=O) groups is 3. The van der Waals surface area contributed by atoms with Crippen LogP contribution in [0.15, 0.2) is 41.8 Å². The summed E-state index contributed by atoms with van der Waals surface area (Å²) in [5.41, 5.74) is 0.352. The number of amides is 4. The lowest BCUT2D eigenvalue weighted by Crippen LogP contribution is -2.55. The summed E-state index contributed by atoms with van der Waals surface area (Å²) in [6.07, 6.45) is 2.51. The fraction of sp³-hybridized carbons (Fsp3) is 0.286. The molecule has 1 N–H and O–H groups in total. The molecule has 2 aliphatic rings. The van der Waals surface area contributed by atoms with Crippen molar-refractivity contribution >= 4 is 40.8 Å². The summed E-state index contributed by atoms with van der Waals surface area (Å²) in [6, 6.07) is 9.33. The monoisotopic (exact) mass is 413 g/mol. The van der Waals surface area contributed by atoms with Gasteiger partial charge in [0.15, 0.2) is 0 Å². The highest BCUT2D eigenvalue weighted by Gasteiger charge is 2.51. The van der Waals surface area contributed by atoms with E-state index in [9.17, 15) is 18.8 Å². The summed E-state index contributed by atoms with van der Waals surface area (Å²) in [7, 11) is 1.46. The third kappa shape index (κ3) is 3.55. The Morgan fingerprint density at radius 3 is 2.41 bits per heavy atom. The van der Waals surface area contributed by atoms with Crippen LogP contribution in [0.5, 0.6) is 0 Å². The van der Waals surface area contributed by atoms with E-state index in [4.69, 9.17) is 0 Å². The van der Waals surface area contributed by atoms with Gasteiger partial charge in [-0.2, -0.15) is 0 Å². The van der Waals surface area contributed by atoms with Crippen LogP contribution in [0.3, 0.4) is 0 Å². The van der Waals surface area contributed by atoms with Gasteiger partial charge in [0.05, 0.1) is 5.57 Å². The Bertz CT molecular complexity index is 977. The number of piperidine rings is 1. The molecule has 0 bridgehead atoms. The van der Waals surface area contributed by atoms with Gasteiger partial charge in [0, 0.05) is 25.0 Å². The van der Waals surface area contributed by atoms with Crippen molar-refractivity contribution in [1.82, 2.24) is 15.1 Å². The standard InChI is InChI=1S/C21H20FN3O3S/c1-24-19(27)21(23-20(24)28)8-10-25(11-9-21)18(26)16(17-3-2-12-29-17)13-14-4-6-15(22)7-5-14/h2-7,12-13H,8-11H2,1H3,(H,23,28)/b16-13+. The van der Waals surface area contributed by atoms with Gasteiger partial charge in [-0.3, -0.25) is 14.5 Å². The van der Waals surface area contributed by atoms with Gasteiger partial charge < -0.3 is 10.2 Å². The fourth-order valence-electron chi connectivity index (χ4n) is 3.75. The van der Waals surface area contributed by atoms with Gasteiger partial charge in [-0.1, -0.05) is 18.2 Å². The fourth-order valence-corrected chi connectivity index (χ4v) is 4.49. The molecule has 0 saturated carbocycles. The Labute approximate surface area is 171 Å². The molecule has 6 nitrogen and oxygen atoms in total. The highest BCUT2D eigenvalue weighted by atomic mass is 32.1. The van der Waals surface area contributed by atoms with Gasteiger partial charge in [0.25, 0.3) is 11.8 Å². The number of hydrogen-bond donors (Lipinski definition) is 1. The van der Waals surface area contributed by atoms with E-state index < -0.39 is 11.6 Å². The molecule has 4 rings (SSSR count). The summed E-state index contributed by atoms with van der Waals surface area (Å²) >= 11 is 1.46. The predicted molar refractivity (Wildman–Crippen MR) is 108 cm³/mol. The van der Waals surface area contributed by atoms with E-state index in [1.165, 1.54) is 30.5 Å². The molecule has 0 radical (unpaired) electrons. The van der Waals surface area contributed by atoms with Crippen LogP contribution in [0.4, 0.5) is 9.18 Å². The molecule has 1 aromatic carbocycles. The number of hydrogen-bond acceptors (Lipinski definition) is 4. The number of halogens is 1. The first-order valence-corrected chi connectivity index (χ1v) is 10.2. The third-order valence-corrected chi connectivity index (χ3v) is 6.37. The van der Waals surface area contributed by atoms with Crippen LogP contribution < -0.4 is 5.32 Å². The predicted octanol–water partition coefficient (Wildman–Crippen LogP) is 2.97. The zero-order chi connectivity index (χ0) is 20.6. The summed E-state index contributed by atoms with van der Waals surface area (Å²) < 4.78 is 13.2. The van der Waals surface area contributed by atoms with Gasteiger partial charge in [0.2, 0.25) is 0 Å². The minimum absolute atomic E-state index is 0.142. The van der Waals surface area contributed by atoms with Gasteiger partial charge in [0.1, 0.15) is 11.4 Å². The van der Waals surface area contributed by atoms with Crippen molar-refractivity contribution in [2.75, 3.05) is 20.1 Å². The number of likely N-dealkylation sites (tertiary alicyclic amines) is 1. The number of nitrogens with one attached hydrogen (secondary N) is 1. The molecular formula is C21H20FN3O3S. The quantitative estimate of drug-likeness (QED) is 0.621. The first-order chi connectivity index (χ1) is 13.9. The molecular weight excluding hydrogens is 393 g/mol. The maximum absolute atomic E-state index is 13.3. The van der Waals surface area contributed by atoms with Crippen LogP contribution in [0, 0.1) is 5.82 Å². The van der Waals surface area contributed by atoms with E-state index in [1.54, 1.807) is 23.1 Å². The highest BCUT2D eigenvalue weighted by Crippen LogP contribution is 2.31. The summed E-state index contributed by atoms with van der Waals surface area (Å²) in [4.78, 5) is 41.2. The van der Waals surface area contributed by atoms with Crippen LogP contribution in [0.2, 0.25) is 0 Å². The van der Waals surface area contributed by atoms with E-state index in [-0.39, 0.29) is 17.6 Å². The van der Waals surface area contributed by atoms with Crippen molar-refractivity contribution in [3.05, 3.63) is 58.0 Å². The van der Waals surface area contributed by atoms with E-state index in [1.807, 2.05) is 17.5 Å². The normalized spacial score (nSPS) is 19.0. The van der Waals surface area contributed by atoms with E-state index in [0.29, 0.717) is 31.5 Å². The topological polar surface area (TPSA) is 69.7 Å². The van der Waals surface area contributed by atoms with Crippen LogP contribution in [-0.2, 0) is 9.59 Å². The van der Waals surface area contributed by atoms with Crippen LogP contribution in [0.25, 0.3) is 11.6 Å². The molecule has 2 aliphatic heterocycles. The van der Waals surface area contributed by atoms with Crippen molar-refractivity contribution in [3.63, 3.8) is 0 Å². The van der Waals surface area contributed by atoms with E-state index in [2.05, 4.69) is 5.32 Å². The van der Waals surface area contributed by atoms with Crippen molar-refractivity contribution < 1.29 is 18.8 Å². The molecule has 4 amide bonds. The second kappa shape index (κ2) is 7.44. The lowest BCUT2D eigenvalue weighted by atomic mass is 9.87. The second-order valence-corrected chi connectivity index (χ2v) is 8.20. The first kappa shape index (κ1) is 19.3. The number of benzene rings is 1. The highest BCUT2D eigenvalue weighted by molar-refractivity contribution is 7.11. The van der Waals surface area contributed by atoms with Crippen molar-refractivity contribution in [2.45, 2.75) is 18.4 Å². The number of carbonyl (C=O) groups excluding carboxylic acids is 3. The number of imide groups is 1. The zero-order valence-corrected chi connectivity index (χ0v) is 16.7. The van der Waals surface area contributed by atoms with Crippen molar-refractivity contribution in [1.29, 1.82) is 0 Å². The molecule has 2 aromatic rings. The van der Waals surface area contributed by atoms with Crippen molar-refractivity contribution in [3.8, 4) is 0 Å². The Balaban J connectivity index is 1.56. The summed E-state index contributed by atoms with van der Waals surface area (Å²) in [6.45, 7) is 0.732. The molecule has 0 atom stereocenters. The smallest absolute Gasteiger partial charge is 0.324 e. The zero-order valence-electron chi connectivity index (χ0n) is 15.9. The number of thiophene rings is 1. The maximum Gasteiger partial charge on any atom is 0.324 e. The third-order valence-electron chi connectivity index (χ3n) is 5.47. The Kier molecular flexibility index (Phi) is 4.96. The molecule has 2 fully saturated rings. The summed E-state index contributed by atoms with van der Waals surface area (Å²) in [5.74, 6) is -0.715. The van der Waals surface area contributed by atoms with Gasteiger partial charge >= 0.3 is 6.03 Å². The average molecular weight is 413 g/mol. The maximum atomic E-state index is 13.3. The lowest BCUT2D eigenvalue weighted by Gasteiger charge is -2.37.